The van der Waals surface area contributed by atoms with Gasteiger partial charge in [0.25, 0.3) is 5.91 Å². The number of imide groups is 1. The number of aliphatic hydroxyl groups excluding tert-OH is 5. The second-order valence-electron chi connectivity index (χ2n) is 6.63. The predicted octanol–water partition coefficient (Wildman–Crippen LogP) is -0.719. The van der Waals surface area contributed by atoms with Gasteiger partial charge in [-0.05, 0) is 24.3 Å². The van der Waals surface area contributed by atoms with E-state index in [0.717, 1.165) is 5.69 Å². The highest BCUT2D eigenvalue weighted by Crippen LogP contribution is 2.25. The Kier molecular flexibility index (Phi) is 8.79. The molecule has 166 valence electrons. The van der Waals surface area contributed by atoms with Crippen LogP contribution in [0.15, 0.2) is 60.7 Å². The lowest BCUT2D eigenvalue weighted by Crippen LogP contribution is -2.46. The molecule has 1 aliphatic rings. The van der Waals surface area contributed by atoms with Gasteiger partial charge in [-0.3, -0.25) is 9.69 Å². The molecule has 31 heavy (non-hydrogen) atoms. The summed E-state index contributed by atoms with van der Waals surface area (Å²) in [5.74, 6) is -0.208. The van der Waals surface area contributed by atoms with Crippen LogP contribution in [0.5, 0.6) is 0 Å². The molecule has 0 radical (unpaired) electrons. The van der Waals surface area contributed by atoms with Gasteiger partial charge < -0.3 is 30.3 Å². The topological polar surface area (TPSA) is 159 Å². The zero-order valence-corrected chi connectivity index (χ0v) is 16.4. The Hall–Kier alpha value is -3.15. The van der Waals surface area contributed by atoms with Gasteiger partial charge in [-0.25, -0.2) is 9.69 Å². The van der Waals surface area contributed by atoms with Crippen LogP contribution in [0.4, 0.5) is 16.2 Å². The smallest absolute Gasteiger partial charge is 0.336 e. The van der Waals surface area contributed by atoms with Crippen LogP contribution in [0.25, 0.3) is 0 Å². The Morgan fingerprint density at radius 3 is 1.84 bits per heavy atom. The van der Waals surface area contributed by atoms with Crippen LogP contribution >= 0.6 is 0 Å². The predicted molar refractivity (Wildman–Crippen MR) is 110 cm³/mol. The van der Waals surface area contributed by atoms with Gasteiger partial charge in [-0.2, -0.15) is 0 Å². The number of carbonyl (C=O) groups excluding carboxylic acids is 3. The van der Waals surface area contributed by atoms with E-state index in [0.29, 0.717) is 5.69 Å². The normalized spacial score (nSPS) is 17.5. The van der Waals surface area contributed by atoms with E-state index in [9.17, 15) is 14.4 Å². The maximum absolute atomic E-state index is 12.3. The fraction of sp³-hybridized carbons (Fsp3) is 0.286. The summed E-state index contributed by atoms with van der Waals surface area (Å²) in [6, 6.07) is 17.9. The van der Waals surface area contributed by atoms with Crippen molar-refractivity contribution in [2.75, 3.05) is 23.0 Å². The van der Waals surface area contributed by atoms with E-state index >= 15 is 0 Å². The van der Waals surface area contributed by atoms with Crippen molar-refractivity contribution in [2.45, 2.75) is 24.4 Å². The molecule has 2 aromatic rings. The number of carbonyl (C=O) groups is 3. The molecule has 5 N–H and O–H groups in total. The molecule has 0 saturated carbocycles. The molecule has 3 rings (SSSR count). The fourth-order valence-electron chi connectivity index (χ4n) is 2.76. The molecule has 2 aromatic carbocycles. The monoisotopic (exact) mass is 432 g/mol. The number of hydrogen-bond donors (Lipinski definition) is 5. The number of anilines is 2. The van der Waals surface area contributed by atoms with Crippen LogP contribution < -0.4 is 9.80 Å². The standard InChI is InChI=1S/C15H12N2O2.C6H12O6/c18-14-11-16(12-7-3-1-4-8-12)15(19)17(14)13-9-5-2-6-10-13;7-1-3(9)5(11)6(12)4(10)2-8/h1-10H,11H2;1,3-6,8-12H,2H2/t;3-,4+,5+,6+/m.0/s1. The Morgan fingerprint density at radius 1 is 0.839 bits per heavy atom. The molecule has 1 heterocycles. The first-order valence-electron chi connectivity index (χ1n) is 9.34. The van der Waals surface area contributed by atoms with Crippen molar-refractivity contribution in [1.29, 1.82) is 0 Å². The number of benzene rings is 2. The average molecular weight is 432 g/mol. The second-order valence-corrected chi connectivity index (χ2v) is 6.63. The summed E-state index contributed by atoms with van der Waals surface area (Å²) >= 11 is 0. The lowest BCUT2D eigenvalue weighted by atomic mass is 10.0. The van der Waals surface area contributed by atoms with E-state index in [4.69, 9.17) is 25.5 Å². The van der Waals surface area contributed by atoms with E-state index in [1.807, 2.05) is 36.4 Å². The Labute approximate surface area is 178 Å². The van der Waals surface area contributed by atoms with Crippen LogP contribution in [0.1, 0.15) is 0 Å². The van der Waals surface area contributed by atoms with Crippen molar-refractivity contribution in [2.24, 2.45) is 0 Å². The van der Waals surface area contributed by atoms with Crippen molar-refractivity contribution in [3.63, 3.8) is 0 Å². The number of nitrogens with zero attached hydrogens (tertiary/aromatic N) is 2. The van der Waals surface area contributed by atoms with Gasteiger partial charge in [0.2, 0.25) is 0 Å². The molecule has 3 amide bonds. The maximum atomic E-state index is 12.3. The van der Waals surface area contributed by atoms with Crippen LogP contribution in [0.2, 0.25) is 0 Å². The summed E-state index contributed by atoms with van der Waals surface area (Å²) < 4.78 is 0. The molecule has 0 bridgehead atoms. The third kappa shape index (κ3) is 5.94. The van der Waals surface area contributed by atoms with E-state index in [-0.39, 0.29) is 24.8 Å². The molecule has 1 saturated heterocycles. The number of aliphatic hydroxyl groups is 5. The molecule has 0 aliphatic carbocycles. The molecule has 4 atom stereocenters. The number of rotatable bonds is 7. The molecule has 0 aromatic heterocycles. The van der Waals surface area contributed by atoms with Crippen molar-refractivity contribution in [3.05, 3.63) is 60.7 Å². The molecule has 10 nitrogen and oxygen atoms in total. The lowest BCUT2D eigenvalue weighted by Gasteiger charge is -2.22. The molecular formula is C21H24N2O8. The van der Waals surface area contributed by atoms with Gasteiger partial charge in [-0.1, -0.05) is 36.4 Å². The number of aldehydes is 1. The summed E-state index contributed by atoms with van der Waals surface area (Å²) in [6.07, 6.45) is -6.84. The minimum atomic E-state index is -1.79. The SMILES string of the molecule is O=C1CN(c2ccccc2)C(=O)N1c1ccccc1.O=C[C@H](O)[C@@H](O)[C@H](O)[C@H](O)CO. The van der Waals surface area contributed by atoms with Crippen molar-refractivity contribution < 1.29 is 39.9 Å². The third-order valence-electron chi connectivity index (χ3n) is 4.47. The van der Waals surface area contributed by atoms with Crippen LogP contribution in [-0.4, -0.2) is 81.3 Å². The van der Waals surface area contributed by atoms with Crippen molar-refractivity contribution in [1.82, 2.24) is 0 Å². The quantitative estimate of drug-likeness (QED) is 0.283. The molecule has 0 unspecified atom stereocenters. The summed E-state index contributed by atoms with van der Waals surface area (Å²) in [6.45, 7) is -0.679. The van der Waals surface area contributed by atoms with E-state index in [1.54, 1.807) is 24.3 Å². The number of urea groups is 1. The fourth-order valence-corrected chi connectivity index (χ4v) is 2.76. The minimum Gasteiger partial charge on any atom is -0.394 e. The maximum Gasteiger partial charge on any atom is 0.336 e. The summed E-state index contributed by atoms with van der Waals surface area (Å²) in [5, 5.41) is 43.5. The summed E-state index contributed by atoms with van der Waals surface area (Å²) in [7, 11) is 0. The highest BCUT2D eigenvalue weighted by Gasteiger charge is 2.37. The average Bonchev–Trinajstić information content (AvgIpc) is 3.12. The number of hydrogen-bond acceptors (Lipinski definition) is 8. The lowest BCUT2D eigenvalue weighted by molar-refractivity contribution is -0.136. The first kappa shape index (κ1) is 24.1. The van der Waals surface area contributed by atoms with Crippen molar-refractivity contribution in [3.8, 4) is 0 Å². The van der Waals surface area contributed by atoms with Gasteiger partial charge in [0.05, 0.1) is 12.3 Å². The van der Waals surface area contributed by atoms with Crippen LogP contribution in [0.3, 0.4) is 0 Å². The minimum absolute atomic E-state index is 0.0258. The van der Waals surface area contributed by atoms with Gasteiger partial charge in [0, 0.05) is 5.69 Å². The highest BCUT2D eigenvalue weighted by atomic mass is 16.4. The molecule has 0 spiro atoms. The van der Waals surface area contributed by atoms with Gasteiger partial charge >= 0.3 is 6.03 Å². The van der Waals surface area contributed by atoms with E-state index < -0.39 is 31.0 Å². The van der Waals surface area contributed by atoms with Crippen molar-refractivity contribution >= 4 is 29.6 Å². The Morgan fingerprint density at radius 2 is 1.35 bits per heavy atom. The molecule has 1 fully saturated rings. The largest absolute Gasteiger partial charge is 0.394 e. The third-order valence-corrected chi connectivity index (χ3v) is 4.47. The Balaban J connectivity index is 0.000000248. The first-order chi connectivity index (χ1) is 14.8. The summed E-state index contributed by atoms with van der Waals surface area (Å²) in [4.78, 5) is 37.0. The summed E-state index contributed by atoms with van der Waals surface area (Å²) in [5.41, 5.74) is 1.34. The molecule has 10 heteroatoms. The zero-order chi connectivity index (χ0) is 23.0. The highest BCUT2D eigenvalue weighted by molar-refractivity contribution is 6.26. The molecular weight excluding hydrogens is 408 g/mol. The van der Waals surface area contributed by atoms with E-state index in [1.165, 1.54) is 9.80 Å². The van der Waals surface area contributed by atoms with Crippen LogP contribution in [0, 0.1) is 0 Å². The zero-order valence-electron chi connectivity index (χ0n) is 16.4. The molecule has 1 aliphatic heterocycles. The number of para-hydroxylation sites is 2. The van der Waals surface area contributed by atoms with Gasteiger partial charge in [0.1, 0.15) is 31.0 Å². The van der Waals surface area contributed by atoms with Crippen LogP contribution in [-0.2, 0) is 9.59 Å². The van der Waals surface area contributed by atoms with Gasteiger partial charge in [0.15, 0.2) is 6.29 Å². The van der Waals surface area contributed by atoms with E-state index in [2.05, 4.69) is 0 Å². The number of amides is 3. The Bertz CT molecular complexity index is 864. The van der Waals surface area contributed by atoms with Gasteiger partial charge in [-0.15, -0.1) is 0 Å². The second kappa shape index (κ2) is 11.3. The first-order valence-corrected chi connectivity index (χ1v) is 9.34.